The highest BCUT2D eigenvalue weighted by molar-refractivity contribution is 7.92. The molecule has 3 aromatic rings. The number of hydrogen-bond donors (Lipinski definition) is 2. The largest absolute Gasteiger partial charge is 0.496 e. The zero-order valence-electron chi connectivity index (χ0n) is 14.1. The Morgan fingerprint density at radius 2 is 1.84 bits per heavy atom. The Balaban J connectivity index is 1.95. The van der Waals surface area contributed by atoms with Crippen LogP contribution < -0.4 is 9.46 Å². The lowest BCUT2D eigenvalue weighted by molar-refractivity contribution is 0.416. The fourth-order valence-electron chi connectivity index (χ4n) is 2.59. The van der Waals surface area contributed by atoms with Gasteiger partial charge in [-0.3, -0.25) is 4.72 Å². The summed E-state index contributed by atoms with van der Waals surface area (Å²) in [5.74, 6) is 0.605. The van der Waals surface area contributed by atoms with Crippen molar-refractivity contribution in [2.75, 3.05) is 11.8 Å². The number of benzene rings is 2. The van der Waals surface area contributed by atoms with Gasteiger partial charge in [0.2, 0.25) is 0 Å². The predicted molar refractivity (Wildman–Crippen MR) is 99.4 cm³/mol. The van der Waals surface area contributed by atoms with Crippen LogP contribution in [0, 0.1) is 0 Å². The van der Waals surface area contributed by atoms with Crippen molar-refractivity contribution in [2.24, 2.45) is 0 Å². The van der Waals surface area contributed by atoms with Crippen LogP contribution in [0.3, 0.4) is 0 Å². The molecular formula is C19H20N2O3S. The van der Waals surface area contributed by atoms with Crippen LogP contribution in [0.25, 0.3) is 11.3 Å². The Morgan fingerprint density at radius 3 is 2.44 bits per heavy atom. The van der Waals surface area contributed by atoms with E-state index in [1.807, 2.05) is 24.3 Å². The Hall–Kier alpha value is -2.73. The highest BCUT2D eigenvalue weighted by Crippen LogP contribution is 2.31. The molecule has 0 saturated heterocycles. The summed E-state index contributed by atoms with van der Waals surface area (Å²) in [4.78, 5) is 3.25. The number of hydrogen-bond acceptors (Lipinski definition) is 3. The maximum absolute atomic E-state index is 12.7. The third-order valence-electron chi connectivity index (χ3n) is 3.98. The Kier molecular flexibility index (Phi) is 4.81. The van der Waals surface area contributed by atoms with Crippen LogP contribution in [0.5, 0.6) is 5.75 Å². The van der Waals surface area contributed by atoms with E-state index in [-0.39, 0.29) is 4.90 Å². The van der Waals surface area contributed by atoms with Gasteiger partial charge < -0.3 is 9.72 Å². The molecule has 0 saturated carbocycles. The molecule has 3 rings (SSSR count). The molecule has 0 radical (unpaired) electrons. The molecule has 0 atom stereocenters. The lowest BCUT2D eigenvalue weighted by Gasteiger charge is -2.12. The number of methoxy groups -OCH3 is 1. The number of nitrogens with one attached hydrogen (secondary N) is 2. The van der Waals surface area contributed by atoms with Crippen molar-refractivity contribution in [2.45, 2.75) is 18.2 Å². The topological polar surface area (TPSA) is 71.2 Å². The number of sulfonamides is 1. The fourth-order valence-corrected chi connectivity index (χ4v) is 3.67. The van der Waals surface area contributed by atoms with Crippen molar-refractivity contribution >= 4 is 15.7 Å². The molecule has 2 aromatic carbocycles. The minimum Gasteiger partial charge on any atom is -0.496 e. The number of aryl methyl sites for hydroxylation is 1. The molecule has 1 heterocycles. The Labute approximate surface area is 147 Å². The summed E-state index contributed by atoms with van der Waals surface area (Å²) in [6.45, 7) is 2.05. The molecule has 130 valence electrons. The fraction of sp³-hybridized carbons (Fsp3) is 0.158. The second-order valence-electron chi connectivity index (χ2n) is 5.60. The summed E-state index contributed by atoms with van der Waals surface area (Å²) >= 11 is 0. The third kappa shape index (κ3) is 3.69. The lowest BCUT2D eigenvalue weighted by Crippen LogP contribution is -2.13. The summed E-state index contributed by atoms with van der Waals surface area (Å²) in [5, 5.41) is 0. The van der Waals surface area contributed by atoms with E-state index in [2.05, 4.69) is 16.6 Å². The van der Waals surface area contributed by atoms with Gasteiger partial charge in [-0.2, -0.15) is 0 Å². The molecule has 0 fully saturated rings. The highest BCUT2D eigenvalue weighted by Gasteiger charge is 2.18. The minimum absolute atomic E-state index is 0.178. The molecule has 0 aliphatic rings. The molecular weight excluding hydrogens is 336 g/mol. The molecule has 5 nitrogen and oxygen atoms in total. The molecule has 25 heavy (non-hydrogen) atoms. The summed E-state index contributed by atoms with van der Waals surface area (Å²) in [6, 6.07) is 15.9. The number of ether oxygens (including phenoxy) is 1. The number of anilines is 1. The van der Waals surface area contributed by atoms with Gasteiger partial charge in [0.1, 0.15) is 5.75 Å². The second kappa shape index (κ2) is 7.03. The first-order chi connectivity index (χ1) is 12.0. The molecule has 0 spiro atoms. The van der Waals surface area contributed by atoms with Crippen LogP contribution in [0.2, 0.25) is 0 Å². The van der Waals surface area contributed by atoms with E-state index in [0.717, 1.165) is 17.7 Å². The number of aromatic amines is 1. The second-order valence-corrected chi connectivity index (χ2v) is 7.28. The molecule has 0 aliphatic carbocycles. The van der Waals surface area contributed by atoms with Crippen LogP contribution in [0.15, 0.2) is 65.7 Å². The van der Waals surface area contributed by atoms with E-state index in [1.54, 1.807) is 37.6 Å². The van der Waals surface area contributed by atoms with Crippen molar-refractivity contribution in [3.05, 3.63) is 66.4 Å². The van der Waals surface area contributed by atoms with Gasteiger partial charge in [0.25, 0.3) is 10.0 Å². The molecule has 0 bridgehead atoms. The Morgan fingerprint density at radius 1 is 1.08 bits per heavy atom. The monoisotopic (exact) mass is 356 g/mol. The average molecular weight is 356 g/mol. The molecule has 0 amide bonds. The maximum atomic E-state index is 12.7. The molecule has 0 unspecified atom stereocenters. The zero-order chi connectivity index (χ0) is 17.9. The molecule has 0 aliphatic heterocycles. The van der Waals surface area contributed by atoms with Crippen LogP contribution in [-0.4, -0.2) is 20.5 Å². The lowest BCUT2D eigenvalue weighted by atomic mass is 10.1. The standard InChI is InChI=1S/C19H20N2O3S/c1-3-14-6-8-15(9-7-14)21-25(22,23)16-10-11-19(24-2)17(13-16)18-5-4-12-20-18/h4-13,20-21H,3H2,1-2H3. The molecule has 1 aromatic heterocycles. The van der Waals surface area contributed by atoms with Crippen molar-refractivity contribution in [3.63, 3.8) is 0 Å². The van der Waals surface area contributed by atoms with Gasteiger partial charge in [0.05, 0.1) is 12.0 Å². The first-order valence-electron chi connectivity index (χ1n) is 7.97. The normalized spacial score (nSPS) is 11.3. The van der Waals surface area contributed by atoms with E-state index < -0.39 is 10.0 Å². The van der Waals surface area contributed by atoms with Crippen LogP contribution in [0.4, 0.5) is 5.69 Å². The van der Waals surface area contributed by atoms with Crippen LogP contribution >= 0.6 is 0 Å². The quantitative estimate of drug-likeness (QED) is 0.700. The minimum atomic E-state index is -3.69. The SMILES string of the molecule is CCc1ccc(NS(=O)(=O)c2ccc(OC)c(-c3ccc[nH]3)c2)cc1. The van der Waals surface area contributed by atoms with Gasteiger partial charge in [-0.1, -0.05) is 19.1 Å². The van der Waals surface area contributed by atoms with Gasteiger partial charge in [-0.15, -0.1) is 0 Å². The maximum Gasteiger partial charge on any atom is 0.261 e. The van der Waals surface area contributed by atoms with E-state index in [1.165, 1.54) is 6.07 Å². The summed E-state index contributed by atoms with van der Waals surface area (Å²) in [5.41, 5.74) is 3.17. The van der Waals surface area contributed by atoms with Gasteiger partial charge in [-0.05, 0) is 54.4 Å². The first kappa shape index (κ1) is 17.1. The molecule has 2 N–H and O–H groups in total. The van der Waals surface area contributed by atoms with E-state index >= 15 is 0 Å². The van der Waals surface area contributed by atoms with Gasteiger partial charge in [-0.25, -0.2) is 8.42 Å². The molecule has 6 heteroatoms. The number of rotatable bonds is 6. The number of H-pyrrole nitrogens is 1. The summed E-state index contributed by atoms with van der Waals surface area (Å²) < 4.78 is 33.4. The van der Waals surface area contributed by atoms with E-state index in [9.17, 15) is 8.42 Å². The zero-order valence-corrected chi connectivity index (χ0v) is 14.9. The average Bonchev–Trinajstić information content (AvgIpc) is 3.16. The van der Waals surface area contributed by atoms with Crippen molar-refractivity contribution in [1.29, 1.82) is 0 Å². The van der Waals surface area contributed by atoms with Crippen LogP contribution in [0.1, 0.15) is 12.5 Å². The van der Waals surface area contributed by atoms with Gasteiger partial charge in [0.15, 0.2) is 0 Å². The smallest absolute Gasteiger partial charge is 0.261 e. The highest BCUT2D eigenvalue weighted by atomic mass is 32.2. The van der Waals surface area contributed by atoms with Crippen LogP contribution in [-0.2, 0) is 16.4 Å². The van der Waals surface area contributed by atoms with Gasteiger partial charge >= 0.3 is 0 Å². The van der Waals surface area contributed by atoms with Crippen molar-refractivity contribution in [3.8, 4) is 17.0 Å². The van der Waals surface area contributed by atoms with Gasteiger partial charge in [0, 0.05) is 23.1 Å². The van der Waals surface area contributed by atoms with E-state index in [0.29, 0.717) is 17.0 Å². The Bertz CT molecular complexity index is 947. The third-order valence-corrected chi connectivity index (χ3v) is 5.36. The summed E-state index contributed by atoms with van der Waals surface area (Å²) in [6.07, 6.45) is 2.69. The van der Waals surface area contributed by atoms with Crippen molar-refractivity contribution in [1.82, 2.24) is 4.98 Å². The van der Waals surface area contributed by atoms with E-state index in [4.69, 9.17) is 4.74 Å². The number of aromatic nitrogens is 1. The first-order valence-corrected chi connectivity index (χ1v) is 9.45. The summed E-state index contributed by atoms with van der Waals surface area (Å²) in [7, 11) is -2.13. The van der Waals surface area contributed by atoms with Crippen molar-refractivity contribution < 1.29 is 13.2 Å². The predicted octanol–water partition coefficient (Wildman–Crippen LogP) is 4.05.